The summed E-state index contributed by atoms with van der Waals surface area (Å²) in [6, 6.07) is 8.32. The largest absolute Gasteiger partial charge is 0.463 e. The van der Waals surface area contributed by atoms with Crippen molar-refractivity contribution in [2.75, 3.05) is 6.61 Å². The fourth-order valence-electron chi connectivity index (χ4n) is 3.62. The van der Waals surface area contributed by atoms with Crippen molar-refractivity contribution >= 4 is 35.0 Å². The predicted octanol–water partition coefficient (Wildman–Crippen LogP) is 2.67. The smallest absolute Gasteiger partial charge is 0.338 e. The van der Waals surface area contributed by atoms with Crippen molar-refractivity contribution in [1.82, 2.24) is 14.3 Å². The molecule has 0 saturated heterocycles. The molecule has 3 heterocycles. The number of halogens is 1. The summed E-state index contributed by atoms with van der Waals surface area (Å²) >= 11 is 7.36. The van der Waals surface area contributed by atoms with Gasteiger partial charge in [-0.05, 0) is 50.6 Å². The molecule has 160 valence electrons. The number of hydrogen-bond acceptors (Lipinski definition) is 6. The lowest BCUT2D eigenvalue weighted by molar-refractivity contribution is -0.139. The number of rotatable bonds is 5. The van der Waals surface area contributed by atoms with Crippen molar-refractivity contribution in [1.29, 1.82) is 0 Å². The number of carbonyl (C=O) groups is 1. The Morgan fingerprint density at radius 2 is 2.00 bits per heavy atom. The number of nitrogens with zero attached hydrogens (tertiary/aromatic N) is 4. The fourth-order valence-corrected chi connectivity index (χ4v) is 4.77. The maximum Gasteiger partial charge on any atom is 0.338 e. The Hall–Kier alpha value is -2.97. The molecule has 31 heavy (non-hydrogen) atoms. The minimum Gasteiger partial charge on any atom is -0.463 e. The molecule has 1 atom stereocenters. The molecule has 2 aromatic heterocycles. The van der Waals surface area contributed by atoms with Crippen molar-refractivity contribution in [3.8, 4) is 0 Å². The molecule has 0 N–H and O–H groups in total. The van der Waals surface area contributed by atoms with E-state index in [-0.39, 0.29) is 12.2 Å². The van der Waals surface area contributed by atoms with Gasteiger partial charge in [0.25, 0.3) is 5.56 Å². The number of carbonyl (C=O) groups excluding carboxylic acids is 1. The second-order valence-corrected chi connectivity index (χ2v) is 8.37. The zero-order valence-electron chi connectivity index (χ0n) is 17.3. The Kier molecular flexibility index (Phi) is 5.93. The maximum atomic E-state index is 13.5. The van der Waals surface area contributed by atoms with E-state index in [1.54, 1.807) is 36.7 Å². The highest BCUT2D eigenvalue weighted by molar-refractivity contribution is 7.07. The minimum absolute atomic E-state index is 0.221. The second kappa shape index (κ2) is 8.64. The van der Waals surface area contributed by atoms with Crippen LogP contribution in [-0.2, 0) is 16.1 Å². The summed E-state index contributed by atoms with van der Waals surface area (Å²) in [4.78, 5) is 31.4. The Bertz CT molecular complexity index is 1350. The molecule has 9 heteroatoms. The molecule has 0 saturated carbocycles. The normalized spacial score (nSPS) is 16.3. The molecule has 3 aromatic rings. The molecule has 1 aromatic carbocycles. The monoisotopic (exact) mass is 456 g/mol. The van der Waals surface area contributed by atoms with Crippen LogP contribution in [0.25, 0.3) is 6.08 Å². The lowest BCUT2D eigenvalue weighted by Gasteiger charge is -2.24. The third-order valence-electron chi connectivity index (χ3n) is 5.03. The molecule has 0 radical (unpaired) electrons. The van der Waals surface area contributed by atoms with E-state index < -0.39 is 12.0 Å². The van der Waals surface area contributed by atoms with Crippen molar-refractivity contribution in [2.45, 2.75) is 33.4 Å². The van der Waals surface area contributed by atoms with Gasteiger partial charge in [0.1, 0.15) is 0 Å². The highest BCUT2D eigenvalue weighted by atomic mass is 35.5. The summed E-state index contributed by atoms with van der Waals surface area (Å²) < 4.78 is 9.18. The van der Waals surface area contributed by atoms with Gasteiger partial charge in [-0.25, -0.2) is 9.79 Å². The molecule has 0 amide bonds. The summed E-state index contributed by atoms with van der Waals surface area (Å²) in [5.41, 5.74) is 2.25. The second-order valence-electron chi connectivity index (χ2n) is 6.93. The van der Waals surface area contributed by atoms with E-state index in [0.717, 1.165) is 11.3 Å². The van der Waals surface area contributed by atoms with E-state index in [4.69, 9.17) is 16.3 Å². The first-order valence-corrected chi connectivity index (χ1v) is 11.1. The van der Waals surface area contributed by atoms with Gasteiger partial charge in [-0.2, -0.15) is 5.10 Å². The molecule has 7 nitrogen and oxygen atoms in total. The van der Waals surface area contributed by atoms with Crippen LogP contribution >= 0.6 is 22.9 Å². The quantitative estimate of drug-likeness (QED) is 0.553. The van der Waals surface area contributed by atoms with Gasteiger partial charge in [0.15, 0.2) is 4.80 Å². The highest BCUT2D eigenvalue weighted by Gasteiger charge is 2.33. The number of hydrogen-bond donors (Lipinski definition) is 0. The van der Waals surface area contributed by atoms with E-state index in [2.05, 4.69) is 10.1 Å². The Morgan fingerprint density at radius 3 is 2.68 bits per heavy atom. The van der Waals surface area contributed by atoms with E-state index in [1.165, 1.54) is 11.3 Å². The van der Waals surface area contributed by atoms with Crippen LogP contribution in [0.5, 0.6) is 0 Å². The highest BCUT2D eigenvalue weighted by Crippen LogP contribution is 2.31. The van der Waals surface area contributed by atoms with Gasteiger partial charge in [0.05, 0.1) is 34.1 Å². The van der Waals surface area contributed by atoms with E-state index in [1.807, 2.05) is 35.9 Å². The standard InChI is InChI=1S/C22H21ClN4O3S/c1-4-26-16(10-11-24-26)12-17-20(28)27-19(14-6-8-15(23)9-7-14)18(21(29)30-5-2)13(3)25-22(27)31-17/h6-12,19H,4-5H2,1-3H3. The van der Waals surface area contributed by atoms with Gasteiger partial charge in [0, 0.05) is 17.8 Å². The minimum atomic E-state index is -0.647. The lowest BCUT2D eigenvalue weighted by Crippen LogP contribution is -2.40. The van der Waals surface area contributed by atoms with Gasteiger partial charge >= 0.3 is 5.97 Å². The average molecular weight is 457 g/mol. The summed E-state index contributed by atoms with van der Waals surface area (Å²) in [6.45, 7) is 6.42. The fraction of sp³-hybridized carbons (Fsp3) is 0.273. The number of allylic oxidation sites excluding steroid dienone is 1. The Balaban J connectivity index is 1.96. The number of thiazole rings is 1. The summed E-state index contributed by atoms with van der Waals surface area (Å²) in [5, 5.41) is 4.83. The number of benzene rings is 1. The topological polar surface area (TPSA) is 78.5 Å². The predicted molar refractivity (Wildman–Crippen MR) is 120 cm³/mol. The maximum absolute atomic E-state index is 13.5. The van der Waals surface area contributed by atoms with Crippen molar-refractivity contribution in [3.05, 3.63) is 83.8 Å². The summed E-state index contributed by atoms with van der Waals surface area (Å²) in [7, 11) is 0. The van der Waals surface area contributed by atoms with Crippen molar-refractivity contribution in [3.63, 3.8) is 0 Å². The van der Waals surface area contributed by atoms with E-state index >= 15 is 0 Å². The Labute approximate surface area is 187 Å². The molecule has 1 aliphatic rings. The molecule has 0 bridgehead atoms. The van der Waals surface area contributed by atoms with Crippen LogP contribution in [0, 0.1) is 0 Å². The molecular weight excluding hydrogens is 436 g/mol. The molecule has 0 fully saturated rings. The number of fused-ring (bicyclic) bond motifs is 1. The van der Waals surface area contributed by atoms with Crippen LogP contribution in [-0.4, -0.2) is 26.9 Å². The van der Waals surface area contributed by atoms with Crippen molar-refractivity contribution in [2.24, 2.45) is 4.99 Å². The third kappa shape index (κ3) is 3.88. The molecule has 4 rings (SSSR count). The zero-order chi connectivity index (χ0) is 22.1. The number of aromatic nitrogens is 3. The number of ether oxygens (including phenoxy) is 1. The van der Waals surface area contributed by atoms with Gasteiger partial charge in [-0.15, -0.1) is 0 Å². The summed E-state index contributed by atoms with van der Waals surface area (Å²) in [5.74, 6) is -0.484. The first-order chi connectivity index (χ1) is 14.9. The molecule has 0 spiro atoms. The van der Waals surface area contributed by atoms with Gasteiger partial charge < -0.3 is 4.74 Å². The number of esters is 1. The Morgan fingerprint density at radius 1 is 1.26 bits per heavy atom. The van der Waals surface area contributed by atoms with E-state index in [0.29, 0.717) is 32.2 Å². The zero-order valence-corrected chi connectivity index (χ0v) is 18.9. The van der Waals surface area contributed by atoms with Crippen LogP contribution < -0.4 is 14.9 Å². The molecule has 1 unspecified atom stereocenters. The average Bonchev–Trinajstić information content (AvgIpc) is 3.32. The van der Waals surface area contributed by atoms with Crippen LogP contribution in [0.3, 0.4) is 0 Å². The first kappa shape index (κ1) is 21.3. The van der Waals surface area contributed by atoms with Gasteiger partial charge in [-0.1, -0.05) is 35.1 Å². The van der Waals surface area contributed by atoms with Gasteiger partial charge in [-0.3, -0.25) is 14.0 Å². The SMILES string of the molecule is CCOC(=O)C1=C(C)N=c2sc(=Cc3ccnn3CC)c(=O)n2C1c1ccc(Cl)cc1. The van der Waals surface area contributed by atoms with Crippen LogP contribution in [0.4, 0.5) is 0 Å². The third-order valence-corrected chi connectivity index (χ3v) is 6.27. The van der Waals surface area contributed by atoms with Crippen molar-refractivity contribution < 1.29 is 9.53 Å². The van der Waals surface area contributed by atoms with Crippen LogP contribution in [0.1, 0.15) is 38.1 Å². The molecule has 0 aliphatic carbocycles. The molecular formula is C22H21ClN4O3S. The van der Waals surface area contributed by atoms with E-state index in [9.17, 15) is 9.59 Å². The lowest BCUT2D eigenvalue weighted by atomic mass is 9.96. The van der Waals surface area contributed by atoms with Crippen LogP contribution in [0.2, 0.25) is 5.02 Å². The molecule has 1 aliphatic heterocycles. The number of aryl methyl sites for hydroxylation is 1. The van der Waals surface area contributed by atoms with Gasteiger partial charge in [0.2, 0.25) is 0 Å². The van der Waals surface area contributed by atoms with Crippen LogP contribution in [0.15, 0.2) is 57.6 Å². The summed E-state index contributed by atoms with van der Waals surface area (Å²) in [6.07, 6.45) is 3.51. The first-order valence-electron chi connectivity index (χ1n) is 9.91.